The molecule has 0 bridgehead atoms. The molecule has 1 aliphatic heterocycles. The largest absolute Gasteiger partial charge is 0.508 e. The summed E-state index contributed by atoms with van der Waals surface area (Å²) in [6, 6.07) is 3.74. The van der Waals surface area contributed by atoms with E-state index in [9.17, 15) is 24.3 Å². The third-order valence-corrected chi connectivity index (χ3v) is 6.56. The van der Waals surface area contributed by atoms with Gasteiger partial charge >= 0.3 is 0 Å². The molecule has 1 aromatic rings. The Morgan fingerprint density at radius 3 is 2.38 bits per heavy atom. The van der Waals surface area contributed by atoms with Crippen molar-refractivity contribution in [3.05, 3.63) is 29.8 Å². The van der Waals surface area contributed by atoms with Crippen LogP contribution >= 0.6 is 21.6 Å². The van der Waals surface area contributed by atoms with Crippen molar-refractivity contribution in [1.82, 2.24) is 21.3 Å². The third kappa shape index (κ3) is 7.17. The van der Waals surface area contributed by atoms with E-state index in [1.807, 2.05) is 0 Å². The fraction of sp³-hybridized carbons (Fsp3) is 0.444. The van der Waals surface area contributed by atoms with Crippen LogP contribution < -0.4 is 21.3 Å². The summed E-state index contributed by atoms with van der Waals surface area (Å²) in [6.07, 6.45) is 0.158. The van der Waals surface area contributed by atoms with E-state index in [0.717, 1.165) is 5.56 Å². The molecule has 11 heteroatoms. The molecule has 0 saturated carbocycles. The second-order valence-corrected chi connectivity index (χ2v) is 8.98. The average Bonchev–Trinajstić information content (AvgIpc) is 2.70. The van der Waals surface area contributed by atoms with Gasteiger partial charge in [-0.15, -0.1) is 0 Å². The summed E-state index contributed by atoms with van der Waals surface area (Å²) in [7, 11) is 4.16. The van der Waals surface area contributed by atoms with Gasteiger partial charge in [-0.3, -0.25) is 19.2 Å². The Kier molecular flexibility index (Phi) is 8.65. The number of aromatic hydroxyl groups is 1. The van der Waals surface area contributed by atoms with Crippen molar-refractivity contribution in [2.24, 2.45) is 0 Å². The molecule has 1 aromatic carbocycles. The Hall–Kier alpha value is -2.40. The van der Waals surface area contributed by atoms with Gasteiger partial charge in [-0.1, -0.05) is 33.7 Å². The van der Waals surface area contributed by atoms with E-state index in [1.165, 1.54) is 47.7 Å². The van der Waals surface area contributed by atoms with E-state index in [2.05, 4.69) is 21.3 Å². The maximum atomic E-state index is 12.9. The highest BCUT2D eigenvalue weighted by Gasteiger charge is 2.30. The standard InChI is InChI=1S/C18H24N4O5S2/c1-10(23)20-15-9-29-28-8-14(16(25)19-2)22-17(26)13(21-18(15)27)7-11-3-5-12(24)6-4-11/h3-6,13-15,24H,7-9H2,1-2H3,(H,19,25)(H,20,23)(H,21,27)(H,22,26)/t13-,14-,15-/m0/s1. The zero-order valence-corrected chi connectivity index (χ0v) is 17.7. The first-order valence-corrected chi connectivity index (χ1v) is 11.4. The number of carbonyl (C=O) groups excluding carboxylic acids is 4. The average molecular weight is 441 g/mol. The SMILES string of the molecule is CNC(=O)[C@@H]1CSSC[C@H](NC(C)=O)C(=O)N[C@@H](Cc2ccc(O)cc2)C(=O)N1. The lowest BCUT2D eigenvalue weighted by Crippen LogP contribution is -2.57. The summed E-state index contributed by atoms with van der Waals surface area (Å²) in [5.74, 6) is -0.990. The van der Waals surface area contributed by atoms with Gasteiger partial charge in [-0.05, 0) is 17.7 Å². The predicted octanol–water partition coefficient (Wildman–Crippen LogP) is -0.450. The normalized spacial score (nSPS) is 23.2. The number of benzene rings is 1. The minimum Gasteiger partial charge on any atom is -0.508 e. The Balaban J connectivity index is 2.27. The molecule has 158 valence electrons. The van der Waals surface area contributed by atoms with Crippen LogP contribution in [0.5, 0.6) is 5.75 Å². The van der Waals surface area contributed by atoms with Gasteiger partial charge in [0.2, 0.25) is 23.6 Å². The number of amides is 4. The molecule has 1 saturated heterocycles. The summed E-state index contributed by atoms with van der Waals surface area (Å²) in [5.41, 5.74) is 0.717. The van der Waals surface area contributed by atoms with Gasteiger partial charge in [0.1, 0.15) is 23.9 Å². The predicted molar refractivity (Wildman–Crippen MR) is 112 cm³/mol. The van der Waals surface area contributed by atoms with Crippen molar-refractivity contribution in [3.63, 3.8) is 0 Å². The molecule has 0 aromatic heterocycles. The molecule has 0 unspecified atom stereocenters. The molecule has 2 rings (SSSR count). The molecule has 0 spiro atoms. The van der Waals surface area contributed by atoms with Crippen LogP contribution in [0.15, 0.2) is 24.3 Å². The molecule has 0 radical (unpaired) electrons. The topological polar surface area (TPSA) is 137 Å². The summed E-state index contributed by atoms with van der Waals surface area (Å²) in [4.78, 5) is 49.1. The number of likely N-dealkylation sites (N-methyl/N-ethyl adjacent to an activating group) is 1. The molecule has 1 heterocycles. The molecule has 1 aliphatic rings. The highest BCUT2D eigenvalue weighted by Crippen LogP contribution is 2.24. The zero-order valence-electron chi connectivity index (χ0n) is 16.1. The zero-order chi connectivity index (χ0) is 21.4. The Morgan fingerprint density at radius 2 is 1.76 bits per heavy atom. The second kappa shape index (κ2) is 11.0. The van der Waals surface area contributed by atoms with Crippen LogP contribution in [0, 0.1) is 0 Å². The molecular weight excluding hydrogens is 416 g/mol. The van der Waals surface area contributed by atoms with E-state index in [-0.39, 0.29) is 29.7 Å². The fourth-order valence-electron chi connectivity index (χ4n) is 2.64. The Labute approximate surface area is 176 Å². The summed E-state index contributed by atoms with van der Waals surface area (Å²) >= 11 is 0. The maximum Gasteiger partial charge on any atom is 0.244 e. The van der Waals surface area contributed by atoms with Crippen molar-refractivity contribution in [1.29, 1.82) is 0 Å². The minimum absolute atomic E-state index is 0.0872. The van der Waals surface area contributed by atoms with E-state index >= 15 is 0 Å². The second-order valence-electron chi connectivity index (χ2n) is 6.43. The van der Waals surface area contributed by atoms with E-state index < -0.39 is 29.9 Å². The number of nitrogens with one attached hydrogen (secondary N) is 4. The quantitative estimate of drug-likeness (QED) is 0.400. The number of hydrogen-bond acceptors (Lipinski definition) is 7. The first-order valence-electron chi connectivity index (χ1n) is 8.92. The van der Waals surface area contributed by atoms with Crippen LogP contribution in [-0.4, -0.2) is 65.4 Å². The smallest absolute Gasteiger partial charge is 0.244 e. The van der Waals surface area contributed by atoms with Crippen molar-refractivity contribution in [2.75, 3.05) is 18.6 Å². The van der Waals surface area contributed by atoms with Gasteiger partial charge in [0, 0.05) is 31.9 Å². The minimum atomic E-state index is -0.955. The Bertz CT molecular complexity index is 759. The fourth-order valence-corrected chi connectivity index (χ4v) is 4.97. The van der Waals surface area contributed by atoms with Crippen LogP contribution in [0.2, 0.25) is 0 Å². The van der Waals surface area contributed by atoms with E-state index in [1.54, 1.807) is 12.1 Å². The van der Waals surface area contributed by atoms with Gasteiger partial charge in [0.25, 0.3) is 0 Å². The first-order chi connectivity index (χ1) is 13.8. The number of phenolic OH excluding ortho intramolecular Hbond substituents is 1. The van der Waals surface area contributed by atoms with Crippen LogP contribution in [-0.2, 0) is 25.6 Å². The molecule has 1 fully saturated rings. The highest BCUT2D eigenvalue weighted by atomic mass is 33.1. The number of phenols is 1. The lowest BCUT2D eigenvalue weighted by molar-refractivity contribution is -0.132. The van der Waals surface area contributed by atoms with Crippen molar-refractivity contribution in [2.45, 2.75) is 31.5 Å². The lowest BCUT2D eigenvalue weighted by Gasteiger charge is -2.23. The molecule has 0 aliphatic carbocycles. The molecule has 9 nitrogen and oxygen atoms in total. The Morgan fingerprint density at radius 1 is 1.10 bits per heavy atom. The molecule has 3 atom stereocenters. The summed E-state index contributed by atoms with van der Waals surface area (Å²) in [5, 5.41) is 19.9. The van der Waals surface area contributed by atoms with Gasteiger partial charge in [0.05, 0.1) is 0 Å². The van der Waals surface area contributed by atoms with Crippen LogP contribution in [0.3, 0.4) is 0 Å². The van der Waals surface area contributed by atoms with Gasteiger partial charge < -0.3 is 26.4 Å². The van der Waals surface area contributed by atoms with Gasteiger partial charge in [0.15, 0.2) is 0 Å². The number of rotatable bonds is 4. The van der Waals surface area contributed by atoms with Crippen molar-refractivity contribution >= 4 is 45.2 Å². The highest BCUT2D eigenvalue weighted by molar-refractivity contribution is 8.76. The van der Waals surface area contributed by atoms with Gasteiger partial charge in [-0.2, -0.15) is 0 Å². The first kappa shape index (κ1) is 22.9. The number of carbonyl (C=O) groups is 4. The molecule has 5 N–H and O–H groups in total. The van der Waals surface area contributed by atoms with Crippen LogP contribution in [0.25, 0.3) is 0 Å². The maximum absolute atomic E-state index is 12.9. The summed E-state index contributed by atoms with van der Waals surface area (Å²) < 4.78 is 0. The summed E-state index contributed by atoms with van der Waals surface area (Å²) in [6.45, 7) is 1.32. The number of hydrogen-bond donors (Lipinski definition) is 5. The molecular formula is C18H24N4O5S2. The monoisotopic (exact) mass is 440 g/mol. The third-order valence-electron chi connectivity index (χ3n) is 4.14. The van der Waals surface area contributed by atoms with Crippen LogP contribution in [0.1, 0.15) is 12.5 Å². The van der Waals surface area contributed by atoms with Crippen molar-refractivity contribution in [3.8, 4) is 5.75 Å². The van der Waals surface area contributed by atoms with E-state index in [4.69, 9.17) is 0 Å². The molecule has 4 amide bonds. The van der Waals surface area contributed by atoms with Crippen LogP contribution in [0.4, 0.5) is 0 Å². The van der Waals surface area contributed by atoms with Crippen molar-refractivity contribution < 1.29 is 24.3 Å². The van der Waals surface area contributed by atoms with E-state index in [0.29, 0.717) is 5.75 Å². The molecule has 29 heavy (non-hydrogen) atoms. The lowest BCUT2D eigenvalue weighted by atomic mass is 10.0. The van der Waals surface area contributed by atoms with Gasteiger partial charge in [-0.25, -0.2) is 0 Å².